The second-order valence-electron chi connectivity index (χ2n) is 7.07. The van der Waals surface area contributed by atoms with E-state index in [0.717, 1.165) is 15.4 Å². The van der Waals surface area contributed by atoms with Gasteiger partial charge in [0.25, 0.3) is 15.9 Å². The number of sulfonamides is 1. The molecule has 0 unspecified atom stereocenters. The smallest absolute Gasteiger partial charge is 0.264 e. The highest BCUT2D eigenvalue weighted by Gasteiger charge is 2.29. The van der Waals surface area contributed by atoms with Gasteiger partial charge in [-0.05, 0) is 36.8 Å². The van der Waals surface area contributed by atoms with Crippen molar-refractivity contribution in [3.8, 4) is 11.5 Å². The molecular formula is C24H25N3O5S. The number of hydrogen-bond donors (Lipinski definition) is 1. The van der Waals surface area contributed by atoms with E-state index < -0.39 is 22.5 Å². The predicted molar refractivity (Wildman–Crippen MR) is 127 cm³/mol. The number of anilines is 1. The van der Waals surface area contributed by atoms with Gasteiger partial charge >= 0.3 is 0 Å². The number of rotatable bonds is 9. The lowest BCUT2D eigenvalue weighted by Gasteiger charge is -2.25. The molecule has 3 aromatic carbocycles. The lowest BCUT2D eigenvalue weighted by atomic mass is 10.2. The largest absolute Gasteiger partial charge is 0.497 e. The first-order valence-electron chi connectivity index (χ1n) is 10.0. The highest BCUT2D eigenvalue weighted by atomic mass is 32.2. The first-order chi connectivity index (χ1) is 15.8. The Kier molecular flexibility index (Phi) is 7.68. The average Bonchev–Trinajstić information content (AvgIpc) is 2.82. The highest BCUT2D eigenvalue weighted by Crippen LogP contribution is 2.35. The summed E-state index contributed by atoms with van der Waals surface area (Å²) in [7, 11) is -1.18. The number of benzene rings is 3. The molecule has 0 saturated heterocycles. The fourth-order valence-corrected chi connectivity index (χ4v) is 4.56. The molecule has 0 aliphatic rings. The van der Waals surface area contributed by atoms with Crippen LogP contribution in [-0.2, 0) is 14.8 Å². The van der Waals surface area contributed by atoms with Gasteiger partial charge in [0.2, 0.25) is 0 Å². The van der Waals surface area contributed by atoms with Crippen LogP contribution in [0.4, 0.5) is 5.69 Å². The second kappa shape index (κ2) is 10.6. The monoisotopic (exact) mass is 467 g/mol. The molecule has 0 bridgehead atoms. The van der Waals surface area contributed by atoms with Gasteiger partial charge in [0.15, 0.2) is 0 Å². The first kappa shape index (κ1) is 23.8. The number of hydrazone groups is 1. The molecule has 3 rings (SSSR count). The van der Waals surface area contributed by atoms with Crippen molar-refractivity contribution in [1.82, 2.24) is 5.43 Å². The molecule has 1 amide bonds. The van der Waals surface area contributed by atoms with Gasteiger partial charge in [-0.2, -0.15) is 5.10 Å². The van der Waals surface area contributed by atoms with E-state index in [0.29, 0.717) is 5.75 Å². The van der Waals surface area contributed by atoms with E-state index in [4.69, 9.17) is 9.47 Å². The van der Waals surface area contributed by atoms with Crippen molar-refractivity contribution < 1.29 is 22.7 Å². The van der Waals surface area contributed by atoms with E-state index in [2.05, 4.69) is 10.5 Å². The van der Waals surface area contributed by atoms with Gasteiger partial charge in [-0.15, -0.1) is 0 Å². The molecule has 0 heterocycles. The van der Waals surface area contributed by atoms with E-state index >= 15 is 0 Å². The molecule has 0 fully saturated rings. The van der Waals surface area contributed by atoms with Crippen molar-refractivity contribution in [2.24, 2.45) is 5.10 Å². The first-order valence-corrected chi connectivity index (χ1v) is 11.5. The maximum atomic E-state index is 13.4. The molecule has 0 saturated carbocycles. The Morgan fingerprint density at radius 2 is 1.76 bits per heavy atom. The molecule has 1 N–H and O–H groups in total. The fraction of sp³-hybridized carbons (Fsp3) is 0.167. The number of carbonyl (C=O) groups is 1. The van der Waals surface area contributed by atoms with Crippen molar-refractivity contribution in [1.29, 1.82) is 0 Å². The van der Waals surface area contributed by atoms with Crippen LogP contribution in [-0.4, -0.2) is 41.3 Å². The lowest BCUT2D eigenvalue weighted by Crippen LogP contribution is -2.39. The van der Waals surface area contributed by atoms with Gasteiger partial charge < -0.3 is 9.47 Å². The van der Waals surface area contributed by atoms with Crippen molar-refractivity contribution in [2.75, 3.05) is 25.1 Å². The summed E-state index contributed by atoms with van der Waals surface area (Å²) in [6, 6.07) is 20.1. The van der Waals surface area contributed by atoms with Crippen molar-refractivity contribution in [3.63, 3.8) is 0 Å². The summed E-state index contributed by atoms with van der Waals surface area (Å²) in [5.41, 5.74) is 4.45. The molecule has 3 aromatic rings. The topological polar surface area (TPSA) is 97.3 Å². The normalized spacial score (nSPS) is 11.2. The number of ether oxygens (including phenoxy) is 2. The number of aryl methyl sites for hydroxylation is 1. The van der Waals surface area contributed by atoms with Gasteiger partial charge in [0, 0.05) is 6.07 Å². The van der Waals surface area contributed by atoms with Gasteiger partial charge in [0.05, 0.1) is 31.0 Å². The molecular weight excluding hydrogens is 442 g/mol. The van der Waals surface area contributed by atoms with Gasteiger partial charge in [-0.3, -0.25) is 9.10 Å². The van der Waals surface area contributed by atoms with Crippen LogP contribution in [0.3, 0.4) is 0 Å². The van der Waals surface area contributed by atoms with Crippen molar-refractivity contribution in [2.45, 2.75) is 11.8 Å². The molecule has 0 aliphatic carbocycles. The standard InChI is InChI=1S/C24H25N3O5S/c1-18-8-7-9-19(14-18)16-25-26-24(28)17-27(33(29,30)21-10-5-4-6-11-21)22-13-12-20(31-2)15-23(22)32-3/h4-16H,17H2,1-3H3,(H,26,28)/b25-16-. The van der Waals surface area contributed by atoms with E-state index in [1.54, 1.807) is 30.3 Å². The molecule has 0 atom stereocenters. The Labute approximate surface area is 193 Å². The van der Waals surface area contributed by atoms with E-state index in [1.165, 1.54) is 38.6 Å². The number of carbonyl (C=O) groups excluding carboxylic acids is 1. The number of nitrogens with one attached hydrogen (secondary N) is 1. The Morgan fingerprint density at radius 1 is 1.00 bits per heavy atom. The minimum Gasteiger partial charge on any atom is -0.497 e. The maximum Gasteiger partial charge on any atom is 0.264 e. The Balaban J connectivity index is 1.92. The molecule has 8 nitrogen and oxygen atoms in total. The van der Waals surface area contributed by atoms with Crippen LogP contribution < -0.4 is 19.2 Å². The molecule has 0 spiro atoms. The van der Waals surface area contributed by atoms with Crippen molar-refractivity contribution >= 4 is 27.8 Å². The van der Waals surface area contributed by atoms with E-state index in [1.807, 2.05) is 31.2 Å². The summed E-state index contributed by atoms with van der Waals surface area (Å²) < 4.78 is 38.5. The number of amides is 1. The zero-order valence-corrected chi connectivity index (χ0v) is 19.4. The quantitative estimate of drug-likeness (QED) is 0.384. The third-order valence-corrected chi connectivity index (χ3v) is 6.49. The van der Waals surface area contributed by atoms with Crippen LogP contribution in [0.1, 0.15) is 11.1 Å². The zero-order valence-electron chi connectivity index (χ0n) is 18.6. The third-order valence-electron chi connectivity index (χ3n) is 4.72. The van der Waals surface area contributed by atoms with E-state index in [-0.39, 0.29) is 16.3 Å². The van der Waals surface area contributed by atoms with Gasteiger partial charge in [-0.25, -0.2) is 13.8 Å². The van der Waals surface area contributed by atoms with Crippen LogP contribution in [0, 0.1) is 6.92 Å². The summed E-state index contributed by atoms with van der Waals surface area (Å²) in [6.45, 7) is 1.44. The minimum atomic E-state index is -4.08. The molecule has 0 aliphatic heterocycles. The Morgan fingerprint density at radius 3 is 2.42 bits per heavy atom. The van der Waals surface area contributed by atoms with Crippen LogP contribution in [0.2, 0.25) is 0 Å². The fourth-order valence-electron chi connectivity index (χ4n) is 3.11. The number of methoxy groups -OCH3 is 2. The van der Waals surface area contributed by atoms with Crippen LogP contribution >= 0.6 is 0 Å². The summed E-state index contributed by atoms with van der Waals surface area (Å²) in [5, 5.41) is 3.96. The Bertz CT molecular complexity index is 1240. The summed E-state index contributed by atoms with van der Waals surface area (Å²) in [4.78, 5) is 12.7. The van der Waals surface area contributed by atoms with Crippen LogP contribution in [0.5, 0.6) is 11.5 Å². The number of hydrogen-bond acceptors (Lipinski definition) is 6. The summed E-state index contributed by atoms with van der Waals surface area (Å²) in [5.74, 6) is 0.112. The average molecular weight is 468 g/mol. The highest BCUT2D eigenvalue weighted by molar-refractivity contribution is 7.92. The molecule has 9 heteroatoms. The summed E-state index contributed by atoms with van der Waals surface area (Å²) in [6.07, 6.45) is 1.49. The predicted octanol–water partition coefficient (Wildman–Crippen LogP) is 3.36. The van der Waals surface area contributed by atoms with Crippen molar-refractivity contribution in [3.05, 3.63) is 83.9 Å². The summed E-state index contributed by atoms with van der Waals surface area (Å²) >= 11 is 0. The molecule has 172 valence electrons. The van der Waals surface area contributed by atoms with Crippen LogP contribution in [0.25, 0.3) is 0 Å². The van der Waals surface area contributed by atoms with E-state index in [9.17, 15) is 13.2 Å². The number of nitrogens with zero attached hydrogens (tertiary/aromatic N) is 2. The van der Waals surface area contributed by atoms with Gasteiger partial charge in [0.1, 0.15) is 18.0 Å². The SMILES string of the molecule is COc1ccc(N(CC(=O)N/N=C\c2cccc(C)c2)S(=O)(=O)c2ccccc2)c(OC)c1. The molecule has 0 radical (unpaired) electrons. The Hall–Kier alpha value is -3.85. The third kappa shape index (κ3) is 5.89. The minimum absolute atomic E-state index is 0.0407. The maximum absolute atomic E-state index is 13.4. The molecule has 33 heavy (non-hydrogen) atoms. The second-order valence-corrected chi connectivity index (χ2v) is 8.93. The molecule has 0 aromatic heterocycles. The zero-order chi connectivity index (χ0) is 23.8. The van der Waals surface area contributed by atoms with Gasteiger partial charge in [-0.1, -0.05) is 48.0 Å². The van der Waals surface area contributed by atoms with Crippen LogP contribution in [0.15, 0.2) is 82.8 Å². The lowest BCUT2D eigenvalue weighted by molar-refractivity contribution is -0.119.